The number of amides is 2. The molecule has 1 unspecified atom stereocenters. The van der Waals surface area contributed by atoms with Gasteiger partial charge in [-0.05, 0) is 37.1 Å². The Morgan fingerprint density at radius 3 is 2.55 bits per heavy atom. The number of carbonyl (C=O) groups is 1. The van der Waals surface area contributed by atoms with Crippen molar-refractivity contribution in [2.75, 3.05) is 5.32 Å². The van der Waals surface area contributed by atoms with Crippen molar-refractivity contribution in [1.29, 1.82) is 0 Å². The summed E-state index contributed by atoms with van der Waals surface area (Å²) in [4.78, 5) is 14.4. The van der Waals surface area contributed by atoms with E-state index in [0.717, 1.165) is 12.0 Å². The highest BCUT2D eigenvalue weighted by molar-refractivity contribution is 6.30. The molecule has 4 heteroatoms. The summed E-state index contributed by atoms with van der Waals surface area (Å²) in [5.41, 5.74) is 1.82. The van der Waals surface area contributed by atoms with E-state index in [-0.39, 0.29) is 12.1 Å². The average molecular weight is 317 g/mol. The first-order chi connectivity index (χ1) is 10.6. The van der Waals surface area contributed by atoms with Gasteiger partial charge in [0.15, 0.2) is 0 Å². The van der Waals surface area contributed by atoms with Crippen LogP contribution in [0.5, 0.6) is 0 Å². The third-order valence-corrected chi connectivity index (χ3v) is 3.89. The number of benzene rings is 2. The maximum Gasteiger partial charge on any atom is 0.322 e. The maximum atomic E-state index is 12.6. The van der Waals surface area contributed by atoms with Crippen LogP contribution in [0.25, 0.3) is 0 Å². The van der Waals surface area contributed by atoms with Gasteiger partial charge in [0, 0.05) is 23.3 Å². The van der Waals surface area contributed by atoms with E-state index in [4.69, 9.17) is 11.6 Å². The molecule has 0 aliphatic carbocycles. The number of anilines is 1. The minimum absolute atomic E-state index is 0.111. The lowest BCUT2D eigenvalue weighted by atomic mass is 10.1. The van der Waals surface area contributed by atoms with Crippen LogP contribution in [0.4, 0.5) is 10.5 Å². The fraction of sp³-hybridized carbons (Fsp3) is 0.278. The molecule has 0 saturated heterocycles. The molecular formula is C18H21ClN2O. The molecule has 3 nitrogen and oxygen atoms in total. The second-order valence-corrected chi connectivity index (χ2v) is 5.75. The van der Waals surface area contributed by atoms with Crippen LogP contribution in [-0.2, 0) is 6.54 Å². The van der Waals surface area contributed by atoms with Crippen molar-refractivity contribution in [2.24, 2.45) is 0 Å². The predicted octanol–water partition coefficient (Wildman–Crippen LogP) is 5.17. The summed E-state index contributed by atoms with van der Waals surface area (Å²) in [5.74, 6) is 0. The predicted molar refractivity (Wildman–Crippen MR) is 92.2 cm³/mol. The number of nitrogens with one attached hydrogen (secondary N) is 1. The van der Waals surface area contributed by atoms with E-state index < -0.39 is 0 Å². The van der Waals surface area contributed by atoms with E-state index in [2.05, 4.69) is 19.2 Å². The van der Waals surface area contributed by atoms with Gasteiger partial charge in [0.05, 0.1) is 0 Å². The molecule has 0 aromatic heterocycles. The molecule has 0 heterocycles. The van der Waals surface area contributed by atoms with Crippen molar-refractivity contribution >= 4 is 23.3 Å². The van der Waals surface area contributed by atoms with E-state index in [0.29, 0.717) is 17.3 Å². The molecule has 116 valence electrons. The number of hydrogen-bond donors (Lipinski definition) is 1. The molecule has 0 saturated carbocycles. The van der Waals surface area contributed by atoms with Crippen molar-refractivity contribution in [3.8, 4) is 0 Å². The molecule has 2 rings (SSSR count). The first-order valence-electron chi connectivity index (χ1n) is 7.47. The first-order valence-corrected chi connectivity index (χ1v) is 7.85. The molecule has 0 aliphatic rings. The Bertz CT molecular complexity index is 615. The Labute approximate surface area is 136 Å². The van der Waals surface area contributed by atoms with Gasteiger partial charge >= 0.3 is 6.03 Å². The van der Waals surface area contributed by atoms with Crippen LogP contribution in [0.15, 0.2) is 54.6 Å². The molecule has 22 heavy (non-hydrogen) atoms. The smallest absolute Gasteiger partial charge is 0.318 e. The number of carbonyl (C=O) groups excluding carboxylic acids is 1. The van der Waals surface area contributed by atoms with Gasteiger partial charge in [-0.15, -0.1) is 0 Å². The second-order valence-electron chi connectivity index (χ2n) is 5.31. The monoisotopic (exact) mass is 316 g/mol. The molecule has 0 fully saturated rings. The summed E-state index contributed by atoms with van der Waals surface area (Å²) in [7, 11) is 0. The van der Waals surface area contributed by atoms with Crippen LogP contribution in [0.1, 0.15) is 25.8 Å². The summed E-state index contributed by atoms with van der Waals surface area (Å²) < 4.78 is 0. The van der Waals surface area contributed by atoms with Gasteiger partial charge in [0.1, 0.15) is 0 Å². The zero-order chi connectivity index (χ0) is 15.9. The molecular weight excluding hydrogens is 296 g/mol. The third kappa shape index (κ3) is 4.50. The Morgan fingerprint density at radius 2 is 1.91 bits per heavy atom. The zero-order valence-electron chi connectivity index (χ0n) is 12.9. The zero-order valence-corrected chi connectivity index (χ0v) is 13.7. The second kappa shape index (κ2) is 7.85. The van der Waals surface area contributed by atoms with Crippen molar-refractivity contribution < 1.29 is 4.79 Å². The molecule has 1 N–H and O–H groups in total. The first kappa shape index (κ1) is 16.4. The number of urea groups is 1. The van der Waals surface area contributed by atoms with Gasteiger partial charge in [-0.1, -0.05) is 54.9 Å². The molecule has 2 amide bonds. The number of rotatable bonds is 5. The van der Waals surface area contributed by atoms with E-state index in [9.17, 15) is 4.79 Å². The highest BCUT2D eigenvalue weighted by atomic mass is 35.5. The Kier molecular flexibility index (Phi) is 5.84. The molecule has 2 aromatic rings. The highest BCUT2D eigenvalue weighted by Gasteiger charge is 2.19. The molecule has 0 bridgehead atoms. The van der Waals surface area contributed by atoms with Crippen molar-refractivity contribution in [3.63, 3.8) is 0 Å². The van der Waals surface area contributed by atoms with Gasteiger partial charge in [0.25, 0.3) is 0 Å². The van der Waals surface area contributed by atoms with Crippen molar-refractivity contribution in [2.45, 2.75) is 32.9 Å². The van der Waals surface area contributed by atoms with E-state index in [1.165, 1.54) is 0 Å². The van der Waals surface area contributed by atoms with Gasteiger partial charge in [-0.3, -0.25) is 0 Å². The van der Waals surface area contributed by atoms with Gasteiger partial charge in [-0.25, -0.2) is 4.79 Å². The van der Waals surface area contributed by atoms with E-state index in [1.54, 1.807) is 12.1 Å². The maximum absolute atomic E-state index is 12.6. The van der Waals surface area contributed by atoms with Crippen molar-refractivity contribution in [3.05, 3.63) is 65.2 Å². The quantitative estimate of drug-likeness (QED) is 0.810. The van der Waals surface area contributed by atoms with Gasteiger partial charge < -0.3 is 10.2 Å². The Morgan fingerprint density at radius 1 is 1.18 bits per heavy atom. The summed E-state index contributed by atoms with van der Waals surface area (Å²) >= 11 is 5.96. The minimum Gasteiger partial charge on any atom is -0.318 e. The topological polar surface area (TPSA) is 32.3 Å². The number of halogens is 1. The van der Waals surface area contributed by atoms with Gasteiger partial charge in [-0.2, -0.15) is 0 Å². The van der Waals surface area contributed by atoms with E-state index in [1.807, 2.05) is 47.4 Å². The Balaban J connectivity index is 2.12. The summed E-state index contributed by atoms with van der Waals surface area (Å²) in [6.07, 6.45) is 0.899. The summed E-state index contributed by atoms with van der Waals surface area (Å²) in [5, 5.41) is 3.53. The molecule has 2 aromatic carbocycles. The fourth-order valence-electron chi connectivity index (χ4n) is 2.19. The summed E-state index contributed by atoms with van der Waals surface area (Å²) in [6.45, 7) is 4.72. The third-order valence-electron chi connectivity index (χ3n) is 3.66. The molecule has 0 aliphatic heterocycles. The fourth-order valence-corrected chi connectivity index (χ4v) is 2.38. The number of nitrogens with zero attached hydrogens (tertiary/aromatic N) is 1. The van der Waals surface area contributed by atoms with Crippen LogP contribution in [0.3, 0.4) is 0 Å². The lowest BCUT2D eigenvalue weighted by Crippen LogP contribution is -2.40. The average Bonchev–Trinajstić information content (AvgIpc) is 2.53. The SMILES string of the molecule is CCC(C)N(Cc1ccccc1)C(=O)Nc1cccc(Cl)c1. The number of hydrogen-bond acceptors (Lipinski definition) is 1. The van der Waals surface area contributed by atoms with Crippen LogP contribution < -0.4 is 5.32 Å². The lowest BCUT2D eigenvalue weighted by Gasteiger charge is -2.29. The standard InChI is InChI=1S/C18H21ClN2O/c1-3-14(2)21(13-15-8-5-4-6-9-15)18(22)20-17-11-7-10-16(19)12-17/h4-12,14H,3,13H2,1-2H3,(H,20,22). The van der Waals surface area contributed by atoms with Gasteiger partial charge in [0.2, 0.25) is 0 Å². The minimum atomic E-state index is -0.111. The van der Waals surface area contributed by atoms with Crippen LogP contribution in [0, 0.1) is 0 Å². The van der Waals surface area contributed by atoms with Crippen LogP contribution in [0.2, 0.25) is 5.02 Å². The molecule has 0 spiro atoms. The largest absolute Gasteiger partial charge is 0.322 e. The lowest BCUT2D eigenvalue weighted by molar-refractivity contribution is 0.187. The van der Waals surface area contributed by atoms with Crippen LogP contribution >= 0.6 is 11.6 Å². The molecule has 0 radical (unpaired) electrons. The summed E-state index contributed by atoms with van der Waals surface area (Å²) in [6, 6.07) is 17.2. The molecule has 1 atom stereocenters. The van der Waals surface area contributed by atoms with E-state index >= 15 is 0 Å². The Hall–Kier alpha value is -2.00. The van der Waals surface area contributed by atoms with Crippen LogP contribution in [-0.4, -0.2) is 17.0 Å². The normalized spacial score (nSPS) is 11.8. The van der Waals surface area contributed by atoms with Crippen molar-refractivity contribution in [1.82, 2.24) is 4.90 Å². The highest BCUT2D eigenvalue weighted by Crippen LogP contribution is 2.17.